The second-order valence-electron chi connectivity index (χ2n) is 5.17. The monoisotopic (exact) mass is 250 g/mol. The molecule has 0 aromatic heterocycles. The third kappa shape index (κ3) is 2.33. The Morgan fingerprint density at radius 2 is 1.89 bits per heavy atom. The first-order valence-electron chi connectivity index (χ1n) is 6.17. The number of halogens is 1. The van der Waals surface area contributed by atoms with E-state index in [1.807, 2.05) is 0 Å². The maximum Gasteiger partial charge on any atom is 0.323 e. The van der Waals surface area contributed by atoms with E-state index in [1.54, 1.807) is 45.1 Å². The first kappa shape index (κ1) is 12.9. The highest BCUT2D eigenvalue weighted by Gasteiger charge is 2.29. The first-order valence-corrected chi connectivity index (χ1v) is 6.17. The van der Waals surface area contributed by atoms with Gasteiger partial charge in [0.25, 0.3) is 0 Å². The van der Waals surface area contributed by atoms with Crippen molar-refractivity contribution in [2.75, 3.05) is 26.0 Å². The molecule has 0 unspecified atom stereocenters. The fourth-order valence-corrected chi connectivity index (χ4v) is 2.10. The summed E-state index contributed by atoms with van der Waals surface area (Å²) in [6, 6.07) is 3.26. The fraction of sp³-hybridized carbons (Fsp3) is 0.500. The molecular formula is C14H19FN2O. The number of amides is 2. The molecule has 3 nitrogen and oxygen atoms in total. The minimum absolute atomic E-state index is 0.0945. The number of anilines is 1. The highest BCUT2D eigenvalue weighted by molar-refractivity contribution is 5.92. The molecule has 0 N–H and O–H groups in total. The van der Waals surface area contributed by atoms with Gasteiger partial charge in [0.05, 0.1) is 0 Å². The van der Waals surface area contributed by atoms with Crippen molar-refractivity contribution < 1.29 is 9.18 Å². The predicted octanol–water partition coefficient (Wildman–Crippen LogP) is 3.13. The molecule has 2 amide bonds. The number of aryl methyl sites for hydroxylation is 1. The standard InChI is InChI=1S/C14H19FN2O/c1-9-7-13(17(4)14(18)16(2)3)11(8-12(9)15)10-5-6-10/h7-8,10H,5-6H2,1-4H3. The quantitative estimate of drug-likeness (QED) is 0.791. The maximum absolute atomic E-state index is 13.7. The lowest BCUT2D eigenvalue weighted by atomic mass is 10.0. The summed E-state index contributed by atoms with van der Waals surface area (Å²) >= 11 is 0. The Balaban J connectivity index is 2.42. The first-order chi connectivity index (χ1) is 8.41. The Labute approximate surface area is 107 Å². The van der Waals surface area contributed by atoms with Crippen molar-refractivity contribution in [3.05, 3.63) is 29.1 Å². The number of carbonyl (C=O) groups excluding carboxylic acids is 1. The summed E-state index contributed by atoms with van der Waals surface area (Å²) in [5.74, 6) is 0.221. The van der Waals surface area contributed by atoms with E-state index in [1.165, 1.54) is 4.90 Å². The molecule has 1 aliphatic carbocycles. The van der Waals surface area contributed by atoms with E-state index < -0.39 is 0 Å². The average molecular weight is 250 g/mol. The predicted molar refractivity (Wildman–Crippen MR) is 70.6 cm³/mol. The van der Waals surface area contributed by atoms with Gasteiger partial charge in [0.1, 0.15) is 5.82 Å². The van der Waals surface area contributed by atoms with Crippen LogP contribution >= 0.6 is 0 Å². The molecule has 0 heterocycles. The van der Waals surface area contributed by atoms with Crippen LogP contribution in [0.4, 0.5) is 14.9 Å². The number of hydrogen-bond acceptors (Lipinski definition) is 1. The van der Waals surface area contributed by atoms with Gasteiger partial charge in [-0.15, -0.1) is 0 Å². The Morgan fingerprint density at radius 3 is 2.39 bits per heavy atom. The number of benzene rings is 1. The van der Waals surface area contributed by atoms with Crippen LogP contribution in [0.5, 0.6) is 0 Å². The zero-order valence-electron chi connectivity index (χ0n) is 11.3. The highest BCUT2D eigenvalue weighted by atomic mass is 19.1. The molecule has 0 spiro atoms. The van der Waals surface area contributed by atoms with Crippen molar-refractivity contribution in [2.45, 2.75) is 25.7 Å². The minimum atomic E-state index is -0.189. The van der Waals surface area contributed by atoms with Crippen molar-refractivity contribution in [3.8, 4) is 0 Å². The smallest absolute Gasteiger partial charge is 0.323 e. The Kier molecular flexibility index (Phi) is 3.28. The van der Waals surface area contributed by atoms with Gasteiger partial charge in [-0.05, 0) is 48.9 Å². The molecular weight excluding hydrogens is 231 g/mol. The molecule has 1 aromatic rings. The third-order valence-corrected chi connectivity index (χ3v) is 3.36. The van der Waals surface area contributed by atoms with Crippen molar-refractivity contribution in [2.24, 2.45) is 0 Å². The molecule has 0 aliphatic heterocycles. The zero-order valence-corrected chi connectivity index (χ0v) is 11.3. The van der Waals surface area contributed by atoms with Crippen molar-refractivity contribution >= 4 is 11.7 Å². The Hall–Kier alpha value is -1.58. The van der Waals surface area contributed by atoms with Gasteiger partial charge in [0.15, 0.2) is 0 Å². The van der Waals surface area contributed by atoms with E-state index in [4.69, 9.17) is 0 Å². The van der Waals surface area contributed by atoms with Crippen molar-refractivity contribution in [1.29, 1.82) is 0 Å². The maximum atomic E-state index is 13.7. The molecule has 1 fully saturated rings. The summed E-state index contributed by atoms with van der Waals surface area (Å²) in [5.41, 5.74) is 2.36. The van der Waals surface area contributed by atoms with Crippen LogP contribution in [0.25, 0.3) is 0 Å². The molecule has 1 aliphatic rings. The summed E-state index contributed by atoms with van der Waals surface area (Å²) in [6.07, 6.45) is 2.17. The largest absolute Gasteiger partial charge is 0.330 e. The normalized spacial score (nSPS) is 14.5. The van der Waals surface area contributed by atoms with Gasteiger partial charge in [-0.3, -0.25) is 4.90 Å². The SMILES string of the molecule is Cc1cc(N(C)C(=O)N(C)C)c(C2CC2)cc1F. The molecule has 0 radical (unpaired) electrons. The van der Waals surface area contributed by atoms with Gasteiger partial charge in [-0.1, -0.05) is 0 Å². The minimum Gasteiger partial charge on any atom is -0.330 e. The number of rotatable bonds is 2. The lowest BCUT2D eigenvalue weighted by Gasteiger charge is -2.25. The Bertz CT molecular complexity index is 481. The van der Waals surface area contributed by atoms with Crippen LogP contribution in [-0.2, 0) is 0 Å². The van der Waals surface area contributed by atoms with Crippen LogP contribution in [-0.4, -0.2) is 32.1 Å². The molecule has 2 rings (SSSR count). The van der Waals surface area contributed by atoms with Crippen LogP contribution in [0.3, 0.4) is 0 Å². The average Bonchev–Trinajstić information content (AvgIpc) is 3.14. The summed E-state index contributed by atoms with van der Waals surface area (Å²) in [7, 11) is 5.17. The van der Waals surface area contributed by atoms with Gasteiger partial charge in [0, 0.05) is 26.8 Å². The fourth-order valence-electron chi connectivity index (χ4n) is 2.10. The lowest BCUT2D eigenvalue weighted by molar-refractivity contribution is 0.225. The molecule has 0 bridgehead atoms. The zero-order chi connectivity index (χ0) is 13.4. The molecule has 0 saturated heterocycles. The number of carbonyl (C=O) groups is 1. The molecule has 98 valence electrons. The van der Waals surface area contributed by atoms with Crippen molar-refractivity contribution in [1.82, 2.24) is 4.90 Å². The molecule has 1 aromatic carbocycles. The summed E-state index contributed by atoms with van der Waals surface area (Å²) in [6.45, 7) is 1.73. The van der Waals surface area contributed by atoms with E-state index in [9.17, 15) is 9.18 Å². The van der Waals surface area contributed by atoms with E-state index in [0.717, 1.165) is 24.1 Å². The van der Waals surface area contributed by atoms with Crippen LogP contribution < -0.4 is 4.90 Å². The van der Waals surface area contributed by atoms with E-state index >= 15 is 0 Å². The molecule has 1 saturated carbocycles. The highest BCUT2D eigenvalue weighted by Crippen LogP contribution is 2.45. The summed E-state index contributed by atoms with van der Waals surface area (Å²) in [5, 5.41) is 0. The third-order valence-electron chi connectivity index (χ3n) is 3.36. The Morgan fingerprint density at radius 1 is 1.28 bits per heavy atom. The van der Waals surface area contributed by atoms with Crippen LogP contribution in [0.15, 0.2) is 12.1 Å². The van der Waals surface area contributed by atoms with E-state index in [-0.39, 0.29) is 11.8 Å². The lowest BCUT2D eigenvalue weighted by Crippen LogP contribution is -2.36. The van der Waals surface area contributed by atoms with Gasteiger partial charge < -0.3 is 4.90 Å². The summed E-state index contributed by atoms with van der Waals surface area (Å²) < 4.78 is 13.7. The number of hydrogen-bond donors (Lipinski definition) is 0. The van der Waals surface area contributed by atoms with Gasteiger partial charge >= 0.3 is 6.03 Å². The topological polar surface area (TPSA) is 23.6 Å². The van der Waals surface area contributed by atoms with Crippen LogP contribution in [0.1, 0.15) is 29.9 Å². The van der Waals surface area contributed by atoms with Crippen LogP contribution in [0, 0.1) is 12.7 Å². The van der Waals surface area contributed by atoms with Crippen molar-refractivity contribution in [3.63, 3.8) is 0 Å². The molecule has 4 heteroatoms. The number of urea groups is 1. The second-order valence-corrected chi connectivity index (χ2v) is 5.17. The van der Waals surface area contributed by atoms with E-state index in [2.05, 4.69) is 0 Å². The van der Waals surface area contributed by atoms with Gasteiger partial charge in [-0.25, -0.2) is 9.18 Å². The molecule has 18 heavy (non-hydrogen) atoms. The summed E-state index contributed by atoms with van der Waals surface area (Å²) in [4.78, 5) is 15.1. The number of nitrogens with zero attached hydrogens (tertiary/aromatic N) is 2. The van der Waals surface area contributed by atoms with Crippen LogP contribution in [0.2, 0.25) is 0 Å². The van der Waals surface area contributed by atoms with Gasteiger partial charge in [-0.2, -0.15) is 0 Å². The van der Waals surface area contributed by atoms with Gasteiger partial charge in [0.2, 0.25) is 0 Å². The molecule has 0 atom stereocenters. The second kappa shape index (κ2) is 4.59. The van der Waals surface area contributed by atoms with E-state index in [0.29, 0.717) is 11.5 Å².